The minimum Gasteiger partial charge on any atom is -0.494 e. The second-order valence-corrected chi connectivity index (χ2v) is 9.57. The first-order chi connectivity index (χ1) is 16.3. The first-order valence-corrected chi connectivity index (χ1v) is 12.3. The third kappa shape index (κ3) is 6.93. The summed E-state index contributed by atoms with van der Waals surface area (Å²) >= 11 is 0. The highest BCUT2D eigenvalue weighted by molar-refractivity contribution is 5.94. The number of amides is 1. The van der Waals surface area contributed by atoms with E-state index in [1.54, 1.807) is 24.3 Å². The molecule has 2 aliphatic heterocycles. The number of nitrogens with zero attached hydrogens (tertiary/aromatic N) is 3. The number of nitrogens with one attached hydrogen (secondary N) is 1. The molecular weight excluding hydrogens is 434 g/mol. The predicted molar refractivity (Wildman–Crippen MR) is 131 cm³/mol. The first-order valence-electron chi connectivity index (χ1n) is 12.3. The topological polar surface area (TPSA) is 123 Å². The monoisotopic (exact) mass is 473 g/mol. The highest BCUT2D eigenvalue weighted by atomic mass is 16.5. The number of nitrogen functional groups attached to an aromatic ring is 1. The van der Waals surface area contributed by atoms with Crippen LogP contribution < -0.4 is 10.5 Å². The van der Waals surface area contributed by atoms with Crippen LogP contribution in [0.1, 0.15) is 50.5 Å². The molecule has 34 heavy (non-hydrogen) atoms. The molecule has 4 N–H and O–H groups in total. The van der Waals surface area contributed by atoms with Gasteiger partial charge in [-0.25, -0.2) is 0 Å². The van der Waals surface area contributed by atoms with Crippen LogP contribution in [0, 0.1) is 5.41 Å². The molecule has 2 aliphatic rings. The maximum atomic E-state index is 13.7. The van der Waals surface area contributed by atoms with Gasteiger partial charge in [-0.1, -0.05) is 0 Å². The van der Waals surface area contributed by atoms with Crippen LogP contribution in [0.2, 0.25) is 0 Å². The van der Waals surface area contributed by atoms with E-state index in [0.29, 0.717) is 30.9 Å². The lowest BCUT2D eigenvalue weighted by molar-refractivity contribution is -0.149. The van der Waals surface area contributed by atoms with Gasteiger partial charge in [0.25, 0.3) is 0 Å². The van der Waals surface area contributed by atoms with Crippen LogP contribution in [0.25, 0.3) is 0 Å². The van der Waals surface area contributed by atoms with E-state index in [1.807, 2.05) is 16.8 Å². The van der Waals surface area contributed by atoms with Gasteiger partial charge in [-0.2, -0.15) is 0 Å². The highest BCUT2D eigenvalue weighted by Gasteiger charge is 2.37. The van der Waals surface area contributed by atoms with Crippen molar-refractivity contribution < 1.29 is 19.4 Å². The Kier molecular flexibility index (Phi) is 9.29. The minimum atomic E-state index is -0.941. The summed E-state index contributed by atoms with van der Waals surface area (Å²) < 4.78 is 5.89. The zero-order valence-electron chi connectivity index (χ0n) is 20.4. The molecule has 0 saturated carbocycles. The van der Waals surface area contributed by atoms with Crippen molar-refractivity contribution in [1.29, 1.82) is 5.41 Å². The van der Waals surface area contributed by atoms with Gasteiger partial charge in [0.05, 0.1) is 19.1 Å². The molecule has 0 unspecified atom stereocenters. The molecule has 9 nitrogen and oxygen atoms in total. The summed E-state index contributed by atoms with van der Waals surface area (Å²) in [5.74, 6) is -0.295. The summed E-state index contributed by atoms with van der Waals surface area (Å²) in [5.41, 5.74) is 6.14. The van der Waals surface area contributed by atoms with E-state index in [4.69, 9.17) is 15.9 Å². The van der Waals surface area contributed by atoms with Crippen LogP contribution in [0.5, 0.6) is 5.75 Å². The Bertz CT molecular complexity index is 838. The average molecular weight is 474 g/mol. The normalized spacial score (nSPS) is 20.8. The lowest BCUT2D eigenvalue weighted by atomic mass is 9.96. The summed E-state index contributed by atoms with van der Waals surface area (Å²) in [6, 6.07) is 6.70. The van der Waals surface area contributed by atoms with Gasteiger partial charge in [-0.15, -0.1) is 0 Å². The van der Waals surface area contributed by atoms with Crippen molar-refractivity contribution in [2.45, 2.75) is 63.1 Å². The van der Waals surface area contributed by atoms with Gasteiger partial charge in [0.2, 0.25) is 5.91 Å². The quantitative estimate of drug-likeness (QED) is 0.351. The van der Waals surface area contributed by atoms with Crippen molar-refractivity contribution in [2.24, 2.45) is 5.73 Å². The van der Waals surface area contributed by atoms with E-state index in [9.17, 15) is 14.7 Å². The fourth-order valence-electron chi connectivity index (χ4n) is 5.05. The van der Waals surface area contributed by atoms with Crippen LogP contribution in [0.3, 0.4) is 0 Å². The molecule has 1 aromatic carbocycles. The van der Waals surface area contributed by atoms with Gasteiger partial charge in [0, 0.05) is 30.6 Å². The van der Waals surface area contributed by atoms with E-state index in [1.165, 1.54) is 0 Å². The Morgan fingerprint density at radius 3 is 2.47 bits per heavy atom. The maximum absolute atomic E-state index is 13.7. The number of carboxylic acid groups (broad SMARTS) is 1. The number of rotatable bonds is 10. The number of piperidine rings is 2. The molecule has 2 heterocycles. The molecule has 3 rings (SSSR count). The number of hydrogen-bond donors (Lipinski definition) is 3. The van der Waals surface area contributed by atoms with Crippen LogP contribution in [0.15, 0.2) is 24.3 Å². The van der Waals surface area contributed by atoms with E-state index in [-0.39, 0.29) is 30.2 Å². The van der Waals surface area contributed by atoms with Gasteiger partial charge in [0.15, 0.2) is 0 Å². The Morgan fingerprint density at radius 2 is 1.85 bits per heavy atom. The number of likely N-dealkylation sites (N-methyl/N-ethyl adjacent to an activating group) is 1. The number of ether oxygens (including phenoxy) is 1. The van der Waals surface area contributed by atoms with Crippen LogP contribution in [-0.2, 0) is 9.59 Å². The summed E-state index contributed by atoms with van der Waals surface area (Å²) in [5, 5.41) is 17.0. The number of nitrogens with two attached hydrogens (primary N) is 1. The maximum Gasteiger partial charge on any atom is 0.305 e. The van der Waals surface area contributed by atoms with E-state index in [2.05, 4.69) is 11.9 Å². The number of carbonyl (C=O) groups is 2. The van der Waals surface area contributed by atoms with Crippen LogP contribution >= 0.6 is 0 Å². The van der Waals surface area contributed by atoms with Crippen LogP contribution in [0.4, 0.5) is 0 Å². The molecule has 9 heteroatoms. The molecule has 0 aromatic heterocycles. The molecule has 188 valence electrons. The largest absolute Gasteiger partial charge is 0.494 e. The van der Waals surface area contributed by atoms with Gasteiger partial charge >= 0.3 is 5.97 Å². The van der Waals surface area contributed by atoms with E-state index >= 15 is 0 Å². The third-order valence-corrected chi connectivity index (χ3v) is 7.20. The smallest absolute Gasteiger partial charge is 0.305 e. The SMILES string of the molecule is CN1CCC(N(C)[C@@H](CC(=O)O)C(=O)N2CCCC[C@@H]2CCOc2ccc(C(=N)N)cc2)CC1. The van der Waals surface area contributed by atoms with Crippen molar-refractivity contribution >= 4 is 17.7 Å². The average Bonchev–Trinajstić information content (AvgIpc) is 2.83. The van der Waals surface area contributed by atoms with Crippen molar-refractivity contribution in [2.75, 3.05) is 40.3 Å². The summed E-state index contributed by atoms with van der Waals surface area (Å²) in [7, 11) is 4.00. The number of hydrogen-bond acceptors (Lipinski definition) is 6. The summed E-state index contributed by atoms with van der Waals surface area (Å²) in [6.45, 7) is 3.04. The minimum absolute atomic E-state index is 0.0176. The molecule has 0 spiro atoms. The molecule has 2 saturated heterocycles. The Balaban J connectivity index is 1.62. The lowest BCUT2D eigenvalue weighted by Gasteiger charge is -2.43. The van der Waals surface area contributed by atoms with Crippen molar-refractivity contribution in [3.63, 3.8) is 0 Å². The Hall–Kier alpha value is -2.65. The van der Waals surface area contributed by atoms with Crippen molar-refractivity contribution in [1.82, 2.24) is 14.7 Å². The fourth-order valence-corrected chi connectivity index (χ4v) is 5.05. The molecule has 1 aromatic rings. The van der Waals surface area contributed by atoms with Gasteiger partial charge in [0.1, 0.15) is 11.6 Å². The second kappa shape index (κ2) is 12.2. The zero-order chi connectivity index (χ0) is 24.7. The standard InChI is InChI=1S/C25H39N5O4/c1-28-14-10-19(11-15-28)29(2)22(17-23(31)32)25(33)30-13-4-3-5-20(30)12-16-34-21-8-6-18(7-9-21)24(26)27/h6-9,19-20,22H,3-5,10-17H2,1-2H3,(H3,26,27)(H,31,32)/t20-,22+/m1/s1. The second-order valence-electron chi connectivity index (χ2n) is 9.57. The molecule has 2 atom stereocenters. The molecule has 0 aliphatic carbocycles. The molecule has 0 bridgehead atoms. The third-order valence-electron chi connectivity index (χ3n) is 7.20. The van der Waals surface area contributed by atoms with E-state index < -0.39 is 12.0 Å². The van der Waals surface area contributed by atoms with E-state index in [0.717, 1.165) is 45.2 Å². The fraction of sp³-hybridized carbons (Fsp3) is 0.640. The van der Waals surface area contributed by atoms with Crippen molar-refractivity contribution in [3.8, 4) is 5.75 Å². The zero-order valence-corrected chi connectivity index (χ0v) is 20.4. The number of benzene rings is 1. The van der Waals surface area contributed by atoms with Crippen molar-refractivity contribution in [3.05, 3.63) is 29.8 Å². The summed E-state index contributed by atoms with van der Waals surface area (Å²) in [6.07, 6.45) is 5.29. The lowest BCUT2D eigenvalue weighted by Crippen LogP contribution is -2.56. The van der Waals surface area contributed by atoms with Gasteiger partial charge in [-0.3, -0.25) is 19.9 Å². The number of carboxylic acids is 1. The molecular formula is C25H39N5O4. The number of likely N-dealkylation sites (tertiary alicyclic amines) is 2. The van der Waals surface area contributed by atoms with Crippen LogP contribution in [-0.4, -0.2) is 96.0 Å². The predicted octanol–water partition coefficient (Wildman–Crippen LogP) is 1.99. The Labute approximate surface area is 202 Å². The number of amidine groups is 1. The van der Waals surface area contributed by atoms with Gasteiger partial charge in [-0.05, 0) is 83.6 Å². The summed E-state index contributed by atoms with van der Waals surface area (Å²) in [4.78, 5) is 31.5. The molecule has 0 radical (unpaired) electrons. The number of carbonyl (C=O) groups excluding carboxylic acids is 1. The number of aliphatic carboxylic acids is 1. The molecule has 2 fully saturated rings. The highest BCUT2D eigenvalue weighted by Crippen LogP contribution is 2.25. The molecule has 1 amide bonds. The first kappa shape index (κ1) is 26.0. The Morgan fingerprint density at radius 1 is 1.18 bits per heavy atom. The van der Waals surface area contributed by atoms with Gasteiger partial charge < -0.3 is 25.4 Å².